The molecule has 0 saturated heterocycles. The van der Waals surface area contributed by atoms with Crippen LogP contribution in [-0.2, 0) is 0 Å². The van der Waals surface area contributed by atoms with Crippen molar-refractivity contribution in [1.82, 2.24) is 4.90 Å². The van der Waals surface area contributed by atoms with Gasteiger partial charge in [0.15, 0.2) is 0 Å². The maximum absolute atomic E-state index is 8.62. The monoisotopic (exact) mass is 237 g/mol. The van der Waals surface area contributed by atoms with Crippen LogP contribution in [0, 0.1) is 11.8 Å². The predicted octanol–water partition coefficient (Wildman–Crippen LogP) is 1.78. The van der Waals surface area contributed by atoms with Crippen molar-refractivity contribution in [2.45, 2.75) is 57.0 Å². The Kier molecular flexibility index (Phi) is 2.99. The van der Waals surface area contributed by atoms with Gasteiger partial charge >= 0.3 is 0 Å². The molecule has 0 radical (unpaired) electrons. The number of fused-ring (bicyclic) bond motifs is 2. The van der Waals surface area contributed by atoms with Crippen molar-refractivity contribution < 1.29 is 5.21 Å². The van der Waals surface area contributed by atoms with E-state index in [9.17, 15) is 0 Å². The summed E-state index contributed by atoms with van der Waals surface area (Å²) in [6.45, 7) is 0.981. The van der Waals surface area contributed by atoms with Crippen LogP contribution in [0.1, 0.15) is 44.9 Å². The Balaban J connectivity index is 1.60. The van der Waals surface area contributed by atoms with Gasteiger partial charge in [-0.25, -0.2) is 0 Å². The van der Waals surface area contributed by atoms with E-state index in [0.29, 0.717) is 12.3 Å². The Bertz CT molecular complexity index is 314. The fourth-order valence-electron chi connectivity index (χ4n) is 3.94. The van der Waals surface area contributed by atoms with Crippen LogP contribution in [-0.4, -0.2) is 34.6 Å². The minimum Gasteiger partial charge on any atom is -0.409 e. The third kappa shape index (κ3) is 2.28. The van der Waals surface area contributed by atoms with Gasteiger partial charge in [-0.15, -0.1) is 0 Å². The van der Waals surface area contributed by atoms with Gasteiger partial charge in [0.25, 0.3) is 0 Å². The summed E-state index contributed by atoms with van der Waals surface area (Å²) in [6, 6.07) is 1.60. The smallest absolute Gasteiger partial charge is 0.140 e. The molecule has 3 aliphatic rings. The minimum atomic E-state index is 0.374. The molecule has 0 aromatic heterocycles. The first-order chi connectivity index (χ1) is 8.28. The third-order valence-corrected chi connectivity index (χ3v) is 4.90. The number of oxime groups is 1. The molecule has 0 heterocycles. The predicted molar refractivity (Wildman–Crippen MR) is 67.0 cm³/mol. The van der Waals surface area contributed by atoms with Crippen molar-refractivity contribution in [3.8, 4) is 0 Å². The van der Waals surface area contributed by atoms with Gasteiger partial charge in [0.2, 0.25) is 0 Å². The summed E-state index contributed by atoms with van der Waals surface area (Å²) in [5.41, 5.74) is 5.59. The average Bonchev–Trinajstić information content (AvgIpc) is 2.96. The fourth-order valence-corrected chi connectivity index (χ4v) is 3.94. The van der Waals surface area contributed by atoms with Crippen molar-refractivity contribution in [3.63, 3.8) is 0 Å². The topological polar surface area (TPSA) is 61.8 Å². The van der Waals surface area contributed by atoms with Gasteiger partial charge < -0.3 is 10.9 Å². The second-order valence-electron chi connectivity index (χ2n) is 6.05. The molecular formula is C13H23N3O. The van der Waals surface area contributed by atoms with Crippen LogP contribution in [0.3, 0.4) is 0 Å². The molecule has 3 aliphatic carbocycles. The highest BCUT2D eigenvalue weighted by molar-refractivity contribution is 5.79. The zero-order valence-electron chi connectivity index (χ0n) is 10.4. The van der Waals surface area contributed by atoms with Crippen molar-refractivity contribution in [3.05, 3.63) is 0 Å². The van der Waals surface area contributed by atoms with E-state index in [-0.39, 0.29) is 0 Å². The van der Waals surface area contributed by atoms with E-state index in [2.05, 4.69) is 10.1 Å². The van der Waals surface area contributed by atoms with Gasteiger partial charge in [-0.05, 0) is 43.9 Å². The SMILES string of the molecule is NC(CCN(C1CC1)C1CC2CCC1C2)=NO. The second kappa shape index (κ2) is 4.48. The molecule has 4 nitrogen and oxygen atoms in total. The summed E-state index contributed by atoms with van der Waals surface area (Å²) >= 11 is 0. The lowest BCUT2D eigenvalue weighted by molar-refractivity contribution is 0.137. The summed E-state index contributed by atoms with van der Waals surface area (Å²) in [5, 5.41) is 11.7. The first-order valence-electron chi connectivity index (χ1n) is 7.00. The first-order valence-corrected chi connectivity index (χ1v) is 7.00. The van der Waals surface area contributed by atoms with Gasteiger partial charge in [-0.3, -0.25) is 4.90 Å². The molecule has 3 saturated carbocycles. The number of amidine groups is 1. The van der Waals surface area contributed by atoms with Crippen LogP contribution in [0.4, 0.5) is 0 Å². The van der Waals surface area contributed by atoms with E-state index in [1.807, 2.05) is 0 Å². The average molecular weight is 237 g/mol. The van der Waals surface area contributed by atoms with Gasteiger partial charge in [0.1, 0.15) is 5.84 Å². The van der Waals surface area contributed by atoms with E-state index in [1.54, 1.807) is 0 Å². The summed E-state index contributed by atoms with van der Waals surface area (Å²) in [6.07, 6.45) is 9.16. The normalized spacial score (nSPS) is 37.0. The Morgan fingerprint density at radius 1 is 1.24 bits per heavy atom. The number of nitrogens with two attached hydrogens (primary N) is 1. The highest BCUT2D eigenvalue weighted by atomic mass is 16.4. The lowest BCUT2D eigenvalue weighted by Crippen LogP contribution is -2.42. The standard InChI is InChI=1S/C13H23N3O/c14-13(15-17)5-6-16(11-3-4-11)12-8-9-1-2-10(12)7-9/h9-12,17H,1-8H2,(H2,14,15). The number of hydrogen-bond donors (Lipinski definition) is 2. The summed E-state index contributed by atoms with van der Waals surface area (Å²) in [7, 11) is 0. The fraction of sp³-hybridized carbons (Fsp3) is 0.923. The van der Waals surface area contributed by atoms with E-state index in [4.69, 9.17) is 10.9 Å². The first kappa shape index (κ1) is 11.3. The lowest BCUT2D eigenvalue weighted by atomic mass is 9.93. The largest absolute Gasteiger partial charge is 0.409 e. The molecule has 96 valence electrons. The Morgan fingerprint density at radius 3 is 2.59 bits per heavy atom. The van der Waals surface area contributed by atoms with Gasteiger partial charge in [-0.1, -0.05) is 11.6 Å². The summed E-state index contributed by atoms with van der Waals surface area (Å²) in [4.78, 5) is 2.67. The van der Waals surface area contributed by atoms with Crippen LogP contribution < -0.4 is 5.73 Å². The van der Waals surface area contributed by atoms with Crippen LogP contribution >= 0.6 is 0 Å². The Morgan fingerprint density at radius 2 is 2.06 bits per heavy atom. The molecule has 0 spiro atoms. The van der Waals surface area contributed by atoms with Crippen LogP contribution in [0.25, 0.3) is 0 Å². The zero-order chi connectivity index (χ0) is 11.8. The number of hydrogen-bond acceptors (Lipinski definition) is 3. The van der Waals surface area contributed by atoms with Crippen molar-refractivity contribution in [1.29, 1.82) is 0 Å². The molecule has 3 unspecified atom stereocenters. The molecule has 3 N–H and O–H groups in total. The molecule has 0 aromatic rings. The molecule has 4 heteroatoms. The van der Waals surface area contributed by atoms with Crippen LogP contribution in [0.5, 0.6) is 0 Å². The Hall–Kier alpha value is -0.770. The van der Waals surface area contributed by atoms with Crippen molar-refractivity contribution in [2.75, 3.05) is 6.54 Å². The molecule has 0 amide bonds. The minimum absolute atomic E-state index is 0.374. The van der Waals surface area contributed by atoms with E-state index >= 15 is 0 Å². The van der Waals surface area contributed by atoms with Gasteiger partial charge in [-0.2, -0.15) is 0 Å². The van der Waals surface area contributed by atoms with Crippen molar-refractivity contribution in [2.24, 2.45) is 22.7 Å². The van der Waals surface area contributed by atoms with Gasteiger partial charge in [0.05, 0.1) is 0 Å². The molecule has 0 aliphatic heterocycles. The third-order valence-electron chi connectivity index (χ3n) is 4.90. The molecule has 17 heavy (non-hydrogen) atoms. The highest BCUT2D eigenvalue weighted by Gasteiger charge is 2.45. The summed E-state index contributed by atoms with van der Waals surface area (Å²) < 4.78 is 0. The Labute approximate surface area is 103 Å². The summed E-state index contributed by atoms with van der Waals surface area (Å²) in [5.74, 6) is 2.31. The van der Waals surface area contributed by atoms with E-state index in [1.165, 1.54) is 38.5 Å². The second-order valence-corrected chi connectivity index (χ2v) is 6.05. The van der Waals surface area contributed by atoms with E-state index < -0.39 is 0 Å². The van der Waals surface area contributed by atoms with Crippen molar-refractivity contribution >= 4 is 5.84 Å². The molecule has 0 aromatic carbocycles. The quantitative estimate of drug-likeness (QED) is 0.331. The van der Waals surface area contributed by atoms with Crippen LogP contribution in [0.15, 0.2) is 5.16 Å². The molecule has 3 rings (SSSR count). The molecule has 3 atom stereocenters. The molecule has 3 fully saturated rings. The maximum Gasteiger partial charge on any atom is 0.140 e. The highest BCUT2D eigenvalue weighted by Crippen LogP contribution is 2.48. The van der Waals surface area contributed by atoms with Gasteiger partial charge in [0, 0.05) is 25.0 Å². The molecule has 2 bridgehead atoms. The number of nitrogens with zero attached hydrogens (tertiary/aromatic N) is 2. The lowest BCUT2D eigenvalue weighted by Gasteiger charge is -2.34. The van der Waals surface area contributed by atoms with Crippen LogP contribution in [0.2, 0.25) is 0 Å². The molecular weight excluding hydrogens is 214 g/mol. The zero-order valence-corrected chi connectivity index (χ0v) is 10.4. The maximum atomic E-state index is 8.62. The number of rotatable bonds is 5. The van der Waals surface area contributed by atoms with E-state index in [0.717, 1.165) is 30.5 Å².